The molecule has 2 unspecified atom stereocenters. The molecule has 0 saturated heterocycles. The summed E-state index contributed by atoms with van der Waals surface area (Å²) in [7, 11) is 9.78. The van der Waals surface area contributed by atoms with Gasteiger partial charge in [0.05, 0.1) is 100 Å². The molecular formula is C104H123Br2Cl2NaO31. The summed E-state index contributed by atoms with van der Waals surface area (Å²) < 4.78 is 43.7. The molecule has 140 heavy (non-hydrogen) atoms. The average molecular weight is 2120 g/mol. The molecule has 0 fully saturated rings. The van der Waals surface area contributed by atoms with Crippen LogP contribution in [-0.2, 0) is 132 Å². The Kier molecular flexibility index (Phi) is 74.8. The van der Waals surface area contributed by atoms with E-state index in [2.05, 4.69) is 88.4 Å². The van der Waals surface area contributed by atoms with Crippen LogP contribution in [0.2, 0.25) is 0 Å². The molecular weight excluding hydrogens is 2000 g/mol. The van der Waals surface area contributed by atoms with Gasteiger partial charge in [-0.3, -0.25) is 38.4 Å². The Balaban J connectivity index is -0.000000787. The van der Waals surface area contributed by atoms with Gasteiger partial charge in [0.15, 0.2) is 16.7 Å². The van der Waals surface area contributed by atoms with Crippen molar-refractivity contribution in [3.63, 3.8) is 0 Å². The molecule has 0 heterocycles. The van der Waals surface area contributed by atoms with E-state index in [9.17, 15) is 77.3 Å². The SMILES string of the molecule is C=CCCBr.C=CCCC(Cc1cccc(C(=O)O)c1)(C(=O)O)C(=O)O.C=CCCC(Cc1cccc(C(=O)O)c1)C(=O)O.C=CCCC(Cc1cccc(C(=O)OC)c1)(C(=O)OC)C(=O)OC.C=CCCC(Cc1cccc(C(=O)OCc2ccccc2)c1)C(=O)OCc1ccccc1.CO.COC(=O)c1cccc(CBr)c1.COC(=O)c1cccc(CC(C(=O)OC)C(=O)OC)c1.ClCCl.O.[Na+].[OH-]. The van der Waals surface area contributed by atoms with Crippen LogP contribution in [0.3, 0.4) is 0 Å². The number of carbonyl (C=O) groups excluding carboxylic acids is 9. The van der Waals surface area contributed by atoms with E-state index in [0.29, 0.717) is 83.9 Å². The van der Waals surface area contributed by atoms with Crippen molar-refractivity contribution >= 4 is 139 Å². The third-order valence-corrected chi connectivity index (χ3v) is 20.6. The molecule has 8 aromatic carbocycles. The summed E-state index contributed by atoms with van der Waals surface area (Å²) in [5.41, 5.74) is 4.60. The van der Waals surface area contributed by atoms with Gasteiger partial charge >= 0.3 is 113 Å². The third kappa shape index (κ3) is 50.9. The van der Waals surface area contributed by atoms with Gasteiger partial charge in [0, 0.05) is 17.8 Å². The number of esters is 9. The number of halogens is 4. The number of aliphatic hydroxyl groups is 1. The summed E-state index contributed by atoms with van der Waals surface area (Å²) in [4.78, 5) is 163. The first-order chi connectivity index (χ1) is 65.6. The molecule has 0 spiro atoms. The number of ether oxygens (including phenoxy) is 9. The molecule has 0 bridgehead atoms. The van der Waals surface area contributed by atoms with Gasteiger partial charge in [0.25, 0.3) is 0 Å². The Labute approximate surface area is 865 Å². The van der Waals surface area contributed by atoms with Crippen molar-refractivity contribution in [3.05, 3.63) is 347 Å². The number of aliphatic carboxylic acids is 3. The van der Waals surface area contributed by atoms with Crippen molar-refractivity contribution < 1.29 is 181 Å². The normalized spacial score (nSPS) is 10.2. The molecule has 0 aliphatic carbocycles. The summed E-state index contributed by atoms with van der Waals surface area (Å²) in [5, 5.41) is 54.5. The third-order valence-electron chi connectivity index (χ3n) is 19.5. The number of alkyl halides is 4. The second kappa shape index (κ2) is 78.3. The van der Waals surface area contributed by atoms with Gasteiger partial charge in [-0.2, -0.15) is 0 Å². The number of hydrogen-bond acceptors (Lipinski definition) is 25. The van der Waals surface area contributed by atoms with Gasteiger partial charge in [0.2, 0.25) is 0 Å². The first kappa shape index (κ1) is 134. The van der Waals surface area contributed by atoms with E-state index in [0.717, 1.165) is 52.0 Å². The molecule has 8 rings (SSSR count). The smallest absolute Gasteiger partial charge is 0.870 e. The fourth-order valence-electron chi connectivity index (χ4n) is 12.4. The van der Waals surface area contributed by atoms with Gasteiger partial charge in [-0.05, 0) is 207 Å². The first-order valence-electron chi connectivity index (χ1n) is 42.0. The zero-order valence-corrected chi connectivity index (χ0v) is 86.4. The molecule has 0 aliphatic rings. The molecule has 36 heteroatoms. The fraction of sp³-hybridized carbons (Fsp3) is 0.308. The summed E-state index contributed by atoms with van der Waals surface area (Å²) in [6.45, 7) is 18.4. The predicted octanol–water partition coefficient (Wildman–Crippen LogP) is 15.2. The van der Waals surface area contributed by atoms with Gasteiger partial charge in [-0.15, -0.1) is 56.1 Å². The zero-order chi connectivity index (χ0) is 103. The quantitative estimate of drug-likeness (QED) is 0.00516. The standard InChI is InChI=1S/C28H28O4.C18H22O6.C15H16O6.C14H16O6.C14H16O4.C9H9BrO2.C4H7Br.CH2Cl2.CH4O.Na.2H2O/c1-2-3-16-25(27(29)31-20-22-11-6-4-7-12-22)18-24-15-10-17-26(19-24)28(30)32-21-23-13-8-5-9-14-23;1-5-6-10-18(16(20)23-3,17(21)24-4)12-13-8-7-9-14(11-13)15(19)22-2;1-2-3-7-15(13(18)19,14(20)21)9-10-5-4-6-11(8-10)12(16)17;1-18-12(15)10-6-4-5-9(7-10)8-11(13(16)19-2)14(17)20-3;1-2-3-6-11(13(15)16)8-10-5-4-7-12(9-10)14(17)18;1-12-9(11)8-4-2-3-7(5-8)6-10;1-2-3-4-5;2-1-3;1-2;;;/h2,4-15,17,19,25H,1,3,16,18,20-21H2;5,7-9,11H,1,6,10,12H2,2-4H3;2,4-6,8H,1,3,7,9H2,(H,16,17)(H,18,19)(H,20,21);4-7,11H,8H2,1-3H3;2,4-5,7,9,11H,1,3,6,8H2,(H,15,16)(H,17,18);2-5H,6H2,1H3;2H,1,3-4H2;1H2;2H,1H3;;2*1H2/q;;;;;;;;;+1;;/p-1. The van der Waals surface area contributed by atoms with Gasteiger partial charge in [-0.1, -0.05) is 196 Å². The van der Waals surface area contributed by atoms with Crippen LogP contribution in [0.1, 0.15) is 164 Å². The van der Waals surface area contributed by atoms with Crippen LogP contribution in [-0.4, -0.2) is 193 Å². The number of aliphatic hydroxyl groups excluding tert-OH is 1. The van der Waals surface area contributed by atoms with Crippen molar-refractivity contribution in [3.8, 4) is 0 Å². The molecule has 0 aliphatic heterocycles. The van der Waals surface area contributed by atoms with Gasteiger partial charge < -0.3 is 84.2 Å². The number of carbonyl (C=O) groups is 14. The molecule has 0 aromatic heterocycles. The minimum absolute atomic E-state index is 0. The van der Waals surface area contributed by atoms with Crippen LogP contribution in [0.15, 0.2) is 270 Å². The molecule has 754 valence electrons. The number of rotatable bonds is 43. The van der Waals surface area contributed by atoms with E-state index in [-0.39, 0.29) is 133 Å². The van der Waals surface area contributed by atoms with E-state index in [1.165, 1.54) is 92.2 Å². The average Bonchev–Trinajstić information content (AvgIpc) is 0.795. The number of carboxylic acid groups (broad SMARTS) is 5. The van der Waals surface area contributed by atoms with Crippen molar-refractivity contribution in [2.24, 2.45) is 28.6 Å². The Morgan fingerprint density at radius 1 is 0.357 bits per heavy atom. The van der Waals surface area contributed by atoms with E-state index in [1.807, 2.05) is 91.0 Å². The van der Waals surface area contributed by atoms with Crippen molar-refractivity contribution in [2.75, 3.05) is 67.5 Å². The maximum Gasteiger partial charge on any atom is 1.00 e. The maximum absolute atomic E-state index is 12.8. The molecule has 0 amide bonds. The van der Waals surface area contributed by atoms with Crippen LogP contribution in [0, 0.1) is 28.6 Å². The second-order valence-corrected chi connectivity index (χ2v) is 31.0. The van der Waals surface area contributed by atoms with E-state index >= 15 is 0 Å². The molecule has 9 N–H and O–H groups in total. The Bertz CT molecular complexity index is 5120. The number of hydrogen-bond donors (Lipinski definition) is 6. The van der Waals surface area contributed by atoms with E-state index in [1.54, 1.807) is 103 Å². The van der Waals surface area contributed by atoms with Crippen LogP contribution in [0.4, 0.5) is 0 Å². The predicted molar refractivity (Wildman–Crippen MR) is 532 cm³/mol. The molecule has 31 nitrogen and oxygen atoms in total. The molecule has 8 aromatic rings. The maximum atomic E-state index is 12.8. The van der Waals surface area contributed by atoms with Crippen LogP contribution in [0.5, 0.6) is 0 Å². The topological polar surface area (TPSA) is 505 Å². The van der Waals surface area contributed by atoms with Crippen molar-refractivity contribution in [2.45, 2.75) is 108 Å². The van der Waals surface area contributed by atoms with Crippen LogP contribution in [0.25, 0.3) is 0 Å². The second-order valence-electron chi connectivity index (χ2n) is 28.9. The minimum atomic E-state index is -1.99. The zero-order valence-electron chi connectivity index (χ0n) is 79.8. The molecule has 2 atom stereocenters. The summed E-state index contributed by atoms with van der Waals surface area (Å²) in [6, 6.07) is 58.8. The number of allylic oxidation sites excluding steroid dienone is 5. The first-order valence-corrected chi connectivity index (χ1v) is 45.3. The summed E-state index contributed by atoms with van der Waals surface area (Å²) in [5.74, 6) is -12.4. The fourth-order valence-corrected chi connectivity index (χ4v) is 13.1. The monoisotopic (exact) mass is 2120 g/mol. The summed E-state index contributed by atoms with van der Waals surface area (Å²) in [6.07, 6.45) is 13.4. The van der Waals surface area contributed by atoms with Crippen LogP contribution >= 0.6 is 55.1 Å². The number of benzene rings is 8. The largest absolute Gasteiger partial charge is 1.00 e. The van der Waals surface area contributed by atoms with Crippen molar-refractivity contribution in [1.29, 1.82) is 0 Å². The number of aromatic carboxylic acids is 2. The van der Waals surface area contributed by atoms with Gasteiger partial charge in [-0.25, -0.2) is 28.8 Å². The van der Waals surface area contributed by atoms with Crippen LogP contribution < -0.4 is 29.6 Å². The number of methoxy groups -OCH3 is 7. The van der Waals surface area contributed by atoms with E-state index in [4.69, 9.17) is 62.6 Å². The van der Waals surface area contributed by atoms with E-state index < -0.39 is 88.3 Å². The Hall–Kier alpha value is -12.5. The van der Waals surface area contributed by atoms with Gasteiger partial charge in [0.1, 0.15) is 13.2 Å². The minimum Gasteiger partial charge on any atom is -0.870 e. The number of carboxylic acids is 5. The molecule has 0 radical (unpaired) electrons. The Morgan fingerprint density at radius 3 is 0.993 bits per heavy atom. The summed E-state index contributed by atoms with van der Waals surface area (Å²) >= 11 is 16.1. The van der Waals surface area contributed by atoms with Crippen molar-refractivity contribution in [1.82, 2.24) is 0 Å². The Morgan fingerprint density at radius 2 is 0.657 bits per heavy atom. The molecule has 0 saturated carbocycles.